The van der Waals surface area contributed by atoms with E-state index in [2.05, 4.69) is 5.32 Å². The Bertz CT molecular complexity index is 387. The first-order chi connectivity index (χ1) is 8.00. The number of phenols is 1. The Morgan fingerprint density at radius 2 is 1.88 bits per heavy atom. The lowest BCUT2D eigenvalue weighted by Crippen LogP contribution is -2.16. The Labute approximate surface area is 96.9 Å². The lowest BCUT2D eigenvalue weighted by Gasteiger charge is -2.05. The third-order valence-corrected chi connectivity index (χ3v) is 2.15. The number of benzene rings is 1. The van der Waals surface area contributed by atoms with E-state index >= 15 is 0 Å². The van der Waals surface area contributed by atoms with Crippen molar-refractivity contribution in [3.63, 3.8) is 0 Å². The van der Waals surface area contributed by atoms with Crippen LogP contribution < -0.4 is 5.32 Å². The summed E-state index contributed by atoms with van der Waals surface area (Å²) in [6, 6.07) is 2.06. The number of rotatable bonds is 6. The topological polar surface area (TPSA) is 69.6 Å². The summed E-state index contributed by atoms with van der Waals surface area (Å²) < 4.78 is 25.9. The van der Waals surface area contributed by atoms with E-state index in [0.29, 0.717) is 18.5 Å². The SMILES string of the molecule is O=C(O)CCCNCc1cc(F)c(O)c(F)c1. The van der Waals surface area contributed by atoms with Gasteiger partial charge in [0.1, 0.15) is 0 Å². The molecule has 0 aromatic heterocycles. The molecule has 6 heteroatoms. The predicted octanol–water partition coefficient (Wildman–Crippen LogP) is 1.62. The average Bonchev–Trinajstić information content (AvgIpc) is 2.25. The Morgan fingerprint density at radius 3 is 2.41 bits per heavy atom. The highest BCUT2D eigenvalue weighted by atomic mass is 19.1. The minimum absolute atomic E-state index is 0.0469. The van der Waals surface area contributed by atoms with E-state index in [0.717, 1.165) is 12.1 Å². The number of carboxylic acid groups (broad SMARTS) is 1. The van der Waals surface area contributed by atoms with Crippen molar-refractivity contribution in [2.24, 2.45) is 0 Å². The zero-order chi connectivity index (χ0) is 12.8. The summed E-state index contributed by atoms with van der Waals surface area (Å²) in [6.07, 6.45) is 0.490. The molecule has 0 aliphatic heterocycles. The second kappa shape index (κ2) is 6.15. The van der Waals surface area contributed by atoms with Crippen molar-refractivity contribution < 1.29 is 23.8 Å². The molecule has 0 aliphatic rings. The molecule has 4 nitrogen and oxygen atoms in total. The van der Waals surface area contributed by atoms with E-state index in [1.54, 1.807) is 0 Å². The molecular weight excluding hydrogens is 232 g/mol. The minimum Gasteiger partial charge on any atom is -0.503 e. The number of halogens is 2. The molecule has 0 saturated heterocycles. The van der Waals surface area contributed by atoms with Crippen molar-refractivity contribution in [1.29, 1.82) is 0 Å². The molecule has 0 spiro atoms. The minimum atomic E-state index is -1.01. The first-order valence-corrected chi connectivity index (χ1v) is 5.10. The van der Waals surface area contributed by atoms with Crippen molar-refractivity contribution in [1.82, 2.24) is 5.32 Å². The van der Waals surface area contributed by atoms with Gasteiger partial charge in [-0.2, -0.15) is 0 Å². The molecule has 0 aliphatic carbocycles. The fourth-order valence-corrected chi connectivity index (χ4v) is 1.32. The maximum atomic E-state index is 12.9. The summed E-state index contributed by atoms with van der Waals surface area (Å²) >= 11 is 0. The third-order valence-electron chi connectivity index (χ3n) is 2.15. The van der Waals surface area contributed by atoms with Crippen LogP contribution in [0.4, 0.5) is 8.78 Å². The molecule has 17 heavy (non-hydrogen) atoms. The van der Waals surface area contributed by atoms with Crippen LogP contribution in [0.15, 0.2) is 12.1 Å². The van der Waals surface area contributed by atoms with E-state index in [9.17, 15) is 13.6 Å². The quantitative estimate of drug-likeness (QED) is 0.666. The number of aliphatic carboxylic acids is 1. The molecule has 1 aromatic rings. The van der Waals surface area contributed by atoms with Crippen molar-refractivity contribution >= 4 is 5.97 Å². The molecule has 0 atom stereocenters. The number of aromatic hydroxyl groups is 1. The van der Waals surface area contributed by atoms with Gasteiger partial charge in [0, 0.05) is 13.0 Å². The van der Waals surface area contributed by atoms with Gasteiger partial charge in [0.2, 0.25) is 0 Å². The van der Waals surface area contributed by atoms with Crippen LogP contribution in [0.3, 0.4) is 0 Å². The maximum Gasteiger partial charge on any atom is 0.303 e. The standard InChI is InChI=1S/C11H13F2NO3/c12-8-4-7(5-9(13)11(8)17)6-14-3-1-2-10(15)16/h4-5,14,17H,1-3,6H2,(H,15,16). The van der Waals surface area contributed by atoms with Crippen molar-refractivity contribution in [3.8, 4) is 5.75 Å². The normalized spacial score (nSPS) is 10.5. The summed E-state index contributed by atoms with van der Waals surface area (Å²) in [7, 11) is 0. The van der Waals surface area contributed by atoms with E-state index in [1.807, 2.05) is 0 Å². The summed E-state index contributed by atoms with van der Waals surface area (Å²) in [5.74, 6) is -3.88. The van der Waals surface area contributed by atoms with Crippen LogP contribution in [-0.4, -0.2) is 22.7 Å². The molecule has 0 amide bonds. The molecular formula is C11H13F2NO3. The molecule has 0 radical (unpaired) electrons. The summed E-state index contributed by atoms with van der Waals surface area (Å²) in [4.78, 5) is 10.2. The first kappa shape index (κ1) is 13.4. The lowest BCUT2D eigenvalue weighted by molar-refractivity contribution is -0.137. The average molecular weight is 245 g/mol. The van der Waals surface area contributed by atoms with Crippen LogP contribution in [0.1, 0.15) is 18.4 Å². The molecule has 0 bridgehead atoms. The van der Waals surface area contributed by atoms with Crippen LogP contribution in [0, 0.1) is 11.6 Å². The molecule has 3 N–H and O–H groups in total. The highest BCUT2D eigenvalue weighted by molar-refractivity contribution is 5.66. The Morgan fingerprint density at radius 1 is 1.29 bits per heavy atom. The van der Waals surface area contributed by atoms with Crippen LogP contribution in [0.25, 0.3) is 0 Å². The van der Waals surface area contributed by atoms with Gasteiger partial charge < -0.3 is 15.5 Å². The largest absolute Gasteiger partial charge is 0.503 e. The number of phenolic OH excluding ortho intramolecular Hbond substituents is 1. The predicted molar refractivity (Wildman–Crippen MR) is 56.6 cm³/mol. The van der Waals surface area contributed by atoms with Crippen molar-refractivity contribution in [3.05, 3.63) is 29.3 Å². The summed E-state index contributed by atoms with van der Waals surface area (Å²) in [5, 5.41) is 20.1. The summed E-state index contributed by atoms with van der Waals surface area (Å²) in [5.41, 5.74) is 0.355. The van der Waals surface area contributed by atoms with E-state index < -0.39 is 23.4 Å². The van der Waals surface area contributed by atoms with Gasteiger partial charge in [-0.25, -0.2) is 8.78 Å². The molecule has 1 aromatic carbocycles. The van der Waals surface area contributed by atoms with Gasteiger partial charge >= 0.3 is 5.97 Å². The highest BCUT2D eigenvalue weighted by Crippen LogP contribution is 2.21. The van der Waals surface area contributed by atoms with Gasteiger partial charge in [0.05, 0.1) is 0 Å². The van der Waals surface area contributed by atoms with Crippen LogP contribution in [0.5, 0.6) is 5.75 Å². The fraction of sp³-hybridized carbons (Fsp3) is 0.364. The molecule has 1 rings (SSSR count). The number of carboxylic acids is 1. The summed E-state index contributed by atoms with van der Waals surface area (Å²) in [6.45, 7) is 0.657. The van der Waals surface area contributed by atoms with Gasteiger partial charge in [-0.1, -0.05) is 0 Å². The van der Waals surface area contributed by atoms with Crippen molar-refractivity contribution in [2.45, 2.75) is 19.4 Å². The maximum absolute atomic E-state index is 12.9. The molecule has 0 unspecified atom stereocenters. The van der Waals surface area contributed by atoms with Crippen LogP contribution in [0.2, 0.25) is 0 Å². The van der Waals surface area contributed by atoms with Crippen molar-refractivity contribution in [2.75, 3.05) is 6.54 Å². The zero-order valence-corrected chi connectivity index (χ0v) is 9.04. The molecule has 0 heterocycles. The number of carbonyl (C=O) groups is 1. The lowest BCUT2D eigenvalue weighted by atomic mass is 10.2. The van der Waals surface area contributed by atoms with Gasteiger partial charge in [-0.05, 0) is 30.7 Å². The molecule has 0 fully saturated rings. The Kier molecular flexibility index (Phi) is 4.84. The Hall–Kier alpha value is -1.69. The van der Waals surface area contributed by atoms with Crippen LogP contribution >= 0.6 is 0 Å². The van der Waals surface area contributed by atoms with E-state index in [1.165, 1.54) is 0 Å². The fourth-order valence-electron chi connectivity index (χ4n) is 1.32. The molecule has 0 saturated carbocycles. The smallest absolute Gasteiger partial charge is 0.303 e. The van der Waals surface area contributed by atoms with E-state index in [4.69, 9.17) is 10.2 Å². The number of hydrogen-bond acceptors (Lipinski definition) is 3. The van der Waals surface area contributed by atoms with Gasteiger partial charge in [0.15, 0.2) is 17.4 Å². The van der Waals surface area contributed by atoms with Crippen LogP contribution in [-0.2, 0) is 11.3 Å². The van der Waals surface area contributed by atoms with E-state index in [-0.39, 0.29) is 13.0 Å². The zero-order valence-electron chi connectivity index (χ0n) is 9.04. The second-order valence-corrected chi connectivity index (χ2v) is 3.58. The molecule has 94 valence electrons. The second-order valence-electron chi connectivity index (χ2n) is 3.58. The highest BCUT2D eigenvalue weighted by Gasteiger charge is 2.09. The monoisotopic (exact) mass is 245 g/mol. The number of nitrogens with one attached hydrogen (secondary N) is 1. The van der Waals surface area contributed by atoms with Gasteiger partial charge in [-0.15, -0.1) is 0 Å². The Balaban J connectivity index is 2.39. The third kappa shape index (κ3) is 4.36. The van der Waals surface area contributed by atoms with Gasteiger partial charge in [0.25, 0.3) is 0 Å². The number of hydrogen-bond donors (Lipinski definition) is 3. The van der Waals surface area contributed by atoms with Gasteiger partial charge in [-0.3, -0.25) is 4.79 Å². The first-order valence-electron chi connectivity index (χ1n) is 5.10.